The third kappa shape index (κ3) is 4.19. The van der Waals surface area contributed by atoms with Gasteiger partial charge in [-0.1, -0.05) is 32.0 Å². The summed E-state index contributed by atoms with van der Waals surface area (Å²) in [4.78, 5) is 11.3. The Labute approximate surface area is 103 Å². The van der Waals surface area contributed by atoms with Crippen molar-refractivity contribution < 1.29 is 9.53 Å². The number of hydrogen-bond acceptors (Lipinski definition) is 2. The van der Waals surface area contributed by atoms with Gasteiger partial charge < -0.3 is 10.1 Å². The summed E-state index contributed by atoms with van der Waals surface area (Å²) in [6.45, 7) is 4.96. The van der Waals surface area contributed by atoms with Crippen molar-refractivity contribution in [3.63, 3.8) is 0 Å². The van der Waals surface area contributed by atoms with E-state index in [2.05, 4.69) is 37.4 Å². The molecule has 1 N–H and O–H groups in total. The molecule has 3 nitrogen and oxygen atoms in total. The van der Waals surface area contributed by atoms with E-state index in [1.54, 1.807) is 0 Å². The number of carbonyl (C=O) groups is 1. The third-order valence-corrected chi connectivity index (χ3v) is 2.81. The van der Waals surface area contributed by atoms with Crippen LogP contribution in [0.2, 0.25) is 0 Å². The Morgan fingerprint density at radius 2 is 2.00 bits per heavy atom. The van der Waals surface area contributed by atoms with Gasteiger partial charge in [-0.2, -0.15) is 0 Å². The van der Waals surface area contributed by atoms with Gasteiger partial charge in [-0.05, 0) is 29.5 Å². The maximum absolute atomic E-state index is 11.3. The zero-order valence-electron chi connectivity index (χ0n) is 10.9. The minimum absolute atomic E-state index is 0.0727. The lowest BCUT2D eigenvalue weighted by Crippen LogP contribution is -2.27. The quantitative estimate of drug-likeness (QED) is 0.819. The van der Waals surface area contributed by atoms with Crippen molar-refractivity contribution in [2.24, 2.45) is 0 Å². The second-order valence-electron chi connectivity index (χ2n) is 4.02. The van der Waals surface area contributed by atoms with Crippen molar-refractivity contribution >= 4 is 5.91 Å². The Morgan fingerprint density at radius 1 is 1.24 bits per heavy atom. The van der Waals surface area contributed by atoms with Gasteiger partial charge >= 0.3 is 0 Å². The van der Waals surface area contributed by atoms with Crippen LogP contribution in [0.15, 0.2) is 18.2 Å². The Bertz CT molecular complexity index is 374. The average Bonchev–Trinajstić information content (AvgIpc) is 2.36. The largest absolute Gasteiger partial charge is 0.375 e. The predicted molar refractivity (Wildman–Crippen MR) is 68.9 cm³/mol. The number of aryl methyl sites for hydroxylation is 2. The van der Waals surface area contributed by atoms with Gasteiger partial charge in [0.05, 0.1) is 0 Å². The van der Waals surface area contributed by atoms with Crippen LogP contribution in [0.5, 0.6) is 0 Å². The van der Waals surface area contributed by atoms with Crippen molar-refractivity contribution in [3.05, 3.63) is 34.9 Å². The molecule has 1 aromatic rings. The van der Waals surface area contributed by atoms with Crippen LogP contribution in [-0.2, 0) is 28.9 Å². The molecule has 0 heterocycles. The summed E-state index contributed by atoms with van der Waals surface area (Å²) in [6, 6.07) is 6.47. The van der Waals surface area contributed by atoms with Crippen LogP contribution in [0, 0.1) is 0 Å². The topological polar surface area (TPSA) is 38.3 Å². The molecule has 0 aromatic heterocycles. The van der Waals surface area contributed by atoms with Crippen molar-refractivity contribution in [3.8, 4) is 0 Å². The van der Waals surface area contributed by atoms with Gasteiger partial charge in [-0.25, -0.2) is 0 Å². The molecule has 1 aromatic carbocycles. The fourth-order valence-electron chi connectivity index (χ4n) is 1.78. The molecule has 0 bridgehead atoms. The van der Waals surface area contributed by atoms with E-state index in [9.17, 15) is 4.79 Å². The van der Waals surface area contributed by atoms with Gasteiger partial charge in [0.25, 0.3) is 0 Å². The molecule has 0 saturated carbocycles. The molecule has 0 aliphatic rings. The Morgan fingerprint density at radius 3 is 2.59 bits per heavy atom. The normalized spacial score (nSPS) is 10.3. The fourth-order valence-corrected chi connectivity index (χ4v) is 1.78. The number of hydrogen-bond donors (Lipinski definition) is 1. The fraction of sp³-hybridized carbons (Fsp3) is 0.500. The number of amides is 1. The molecule has 0 radical (unpaired) electrons. The van der Waals surface area contributed by atoms with E-state index < -0.39 is 0 Å². The Kier molecular flexibility index (Phi) is 5.70. The molecule has 0 aliphatic heterocycles. The van der Waals surface area contributed by atoms with E-state index in [-0.39, 0.29) is 12.5 Å². The third-order valence-electron chi connectivity index (χ3n) is 2.81. The van der Waals surface area contributed by atoms with Crippen LogP contribution in [0.3, 0.4) is 0 Å². The summed E-state index contributed by atoms with van der Waals surface area (Å²) < 4.78 is 4.78. The lowest BCUT2D eigenvalue weighted by atomic mass is 10.0. The summed E-state index contributed by atoms with van der Waals surface area (Å²) in [5, 5.41) is 2.86. The standard InChI is InChI=1S/C14H21NO2/c1-4-11-6-7-12(5-2)13(8-11)9-15-14(16)10-17-3/h6-8H,4-5,9-10H2,1-3H3,(H,15,16). The highest BCUT2D eigenvalue weighted by molar-refractivity contribution is 5.77. The first kappa shape index (κ1) is 13.7. The number of ether oxygens (including phenoxy) is 1. The summed E-state index contributed by atoms with van der Waals surface area (Å²) in [6.07, 6.45) is 2.00. The van der Waals surface area contributed by atoms with E-state index in [4.69, 9.17) is 4.74 Å². The predicted octanol–water partition coefficient (Wildman–Crippen LogP) is 2.07. The molecular formula is C14H21NO2. The smallest absolute Gasteiger partial charge is 0.246 e. The summed E-state index contributed by atoms with van der Waals surface area (Å²) in [5.74, 6) is -0.0727. The Balaban J connectivity index is 2.70. The molecule has 0 saturated heterocycles. The lowest BCUT2D eigenvalue weighted by molar-refractivity contribution is -0.124. The molecule has 1 amide bonds. The van der Waals surface area contributed by atoms with Crippen LogP contribution in [0.1, 0.15) is 30.5 Å². The van der Waals surface area contributed by atoms with Gasteiger partial charge in [-0.3, -0.25) is 4.79 Å². The van der Waals surface area contributed by atoms with Crippen LogP contribution in [-0.4, -0.2) is 19.6 Å². The van der Waals surface area contributed by atoms with E-state index in [1.165, 1.54) is 23.8 Å². The van der Waals surface area contributed by atoms with Crippen molar-refractivity contribution in [1.29, 1.82) is 0 Å². The molecule has 17 heavy (non-hydrogen) atoms. The number of rotatable bonds is 6. The highest BCUT2D eigenvalue weighted by Crippen LogP contribution is 2.13. The molecule has 0 unspecified atom stereocenters. The first-order chi connectivity index (χ1) is 8.21. The van der Waals surface area contributed by atoms with Crippen LogP contribution in [0.4, 0.5) is 0 Å². The SMILES string of the molecule is CCc1ccc(CC)c(CNC(=O)COC)c1. The zero-order chi connectivity index (χ0) is 12.7. The van der Waals surface area contributed by atoms with Crippen molar-refractivity contribution in [1.82, 2.24) is 5.32 Å². The van der Waals surface area contributed by atoms with E-state index in [1.807, 2.05) is 0 Å². The number of benzene rings is 1. The summed E-state index contributed by atoms with van der Waals surface area (Å²) in [7, 11) is 1.52. The van der Waals surface area contributed by atoms with Gasteiger partial charge in [0.1, 0.15) is 6.61 Å². The van der Waals surface area contributed by atoms with Gasteiger partial charge in [0.2, 0.25) is 5.91 Å². The highest BCUT2D eigenvalue weighted by atomic mass is 16.5. The second-order valence-corrected chi connectivity index (χ2v) is 4.02. The Hall–Kier alpha value is -1.35. The number of methoxy groups -OCH3 is 1. The second kappa shape index (κ2) is 7.07. The minimum Gasteiger partial charge on any atom is -0.375 e. The maximum Gasteiger partial charge on any atom is 0.246 e. The number of nitrogens with one attached hydrogen (secondary N) is 1. The summed E-state index contributed by atoms with van der Waals surface area (Å²) >= 11 is 0. The first-order valence-electron chi connectivity index (χ1n) is 6.07. The average molecular weight is 235 g/mol. The first-order valence-corrected chi connectivity index (χ1v) is 6.07. The van der Waals surface area contributed by atoms with Gasteiger partial charge in [-0.15, -0.1) is 0 Å². The van der Waals surface area contributed by atoms with E-state index >= 15 is 0 Å². The molecule has 94 valence electrons. The van der Waals surface area contributed by atoms with Crippen LogP contribution >= 0.6 is 0 Å². The van der Waals surface area contributed by atoms with Crippen molar-refractivity contribution in [2.45, 2.75) is 33.2 Å². The molecule has 0 aliphatic carbocycles. The van der Waals surface area contributed by atoms with E-state index in [0.29, 0.717) is 6.54 Å². The zero-order valence-corrected chi connectivity index (χ0v) is 10.9. The summed E-state index contributed by atoms with van der Waals surface area (Å²) in [5.41, 5.74) is 3.80. The maximum atomic E-state index is 11.3. The van der Waals surface area contributed by atoms with Gasteiger partial charge in [0, 0.05) is 13.7 Å². The molecule has 0 fully saturated rings. The van der Waals surface area contributed by atoms with Gasteiger partial charge in [0.15, 0.2) is 0 Å². The molecule has 1 rings (SSSR count). The van der Waals surface area contributed by atoms with Crippen LogP contribution < -0.4 is 5.32 Å². The van der Waals surface area contributed by atoms with Crippen molar-refractivity contribution in [2.75, 3.05) is 13.7 Å². The number of carbonyl (C=O) groups excluding carboxylic acids is 1. The monoisotopic (exact) mass is 235 g/mol. The lowest BCUT2D eigenvalue weighted by Gasteiger charge is -2.11. The molecule has 0 atom stereocenters. The van der Waals surface area contributed by atoms with Crippen LogP contribution in [0.25, 0.3) is 0 Å². The molecule has 3 heteroatoms. The highest BCUT2D eigenvalue weighted by Gasteiger charge is 2.04. The van der Waals surface area contributed by atoms with E-state index in [0.717, 1.165) is 12.8 Å². The molecule has 0 spiro atoms. The molecular weight excluding hydrogens is 214 g/mol. The minimum atomic E-state index is -0.0727.